The van der Waals surface area contributed by atoms with Crippen LogP contribution < -0.4 is 19.5 Å². The standard InChI is InChI=1S/C21H25NO6/c1-13(2)18(21(24)25)22-20(23)15-10-16(26-3)19(17(11-15)27-4)28-12-14-8-6-5-7-9-14/h5-11,13,18H,12H2,1-4H3,(H,22,23)(H,24,25). The van der Waals surface area contributed by atoms with E-state index >= 15 is 0 Å². The largest absolute Gasteiger partial charge is 0.493 e. The van der Waals surface area contributed by atoms with Crippen LogP contribution in [-0.4, -0.2) is 37.2 Å². The van der Waals surface area contributed by atoms with Crippen molar-refractivity contribution >= 4 is 11.9 Å². The number of carbonyl (C=O) groups is 2. The van der Waals surface area contributed by atoms with Crippen molar-refractivity contribution in [2.24, 2.45) is 5.92 Å². The van der Waals surface area contributed by atoms with Crippen LogP contribution in [0.1, 0.15) is 29.8 Å². The fourth-order valence-electron chi connectivity index (χ4n) is 2.62. The first kappa shape index (κ1) is 21.1. The molecule has 0 spiro atoms. The fourth-order valence-corrected chi connectivity index (χ4v) is 2.62. The molecule has 150 valence electrons. The Labute approximate surface area is 164 Å². The first-order valence-corrected chi connectivity index (χ1v) is 8.83. The maximum absolute atomic E-state index is 12.6. The predicted molar refractivity (Wildman–Crippen MR) is 104 cm³/mol. The summed E-state index contributed by atoms with van der Waals surface area (Å²) in [6.07, 6.45) is 0. The highest BCUT2D eigenvalue weighted by molar-refractivity contribution is 5.97. The van der Waals surface area contributed by atoms with Gasteiger partial charge in [0.05, 0.1) is 14.2 Å². The Hall–Kier alpha value is -3.22. The Morgan fingerprint density at radius 3 is 2.07 bits per heavy atom. The summed E-state index contributed by atoms with van der Waals surface area (Å²) in [4.78, 5) is 23.9. The lowest BCUT2D eigenvalue weighted by Gasteiger charge is -2.19. The maximum Gasteiger partial charge on any atom is 0.326 e. The number of methoxy groups -OCH3 is 2. The minimum absolute atomic E-state index is 0.215. The van der Waals surface area contributed by atoms with Gasteiger partial charge in [0, 0.05) is 5.56 Å². The molecule has 0 aromatic heterocycles. The van der Waals surface area contributed by atoms with Gasteiger partial charge in [-0.2, -0.15) is 0 Å². The molecule has 2 N–H and O–H groups in total. The molecule has 2 aromatic rings. The van der Waals surface area contributed by atoms with Gasteiger partial charge in [-0.25, -0.2) is 4.79 Å². The summed E-state index contributed by atoms with van der Waals surface area (Å²) in [5.74, 6) is -0.895. The number of amides is 1. The second-order valence-electron chi connectivity index (χ2n) is 6.52. The summed E-state index contributed by atoms with van der Waals surface area (Å²) in [6, 6.07) is 11.6. The van der Waals surface area contributed by atoms with Crippen LogP contribution in [0.25, 0.3) is 0 Å². The Balaban J connectivity index is 2.28. The fraction of sp³-hybridized carbons (Fsp3) is 0.333. The summed E-state index contributed by atoms with van der Waals surface area (Å²) in [5.41, 5.74) is 1.18. The Bertz CT molecular complexity index is 794. The van der Waals surface area contributed by atoms with Gasteiger partial charge in [0.15, 0.2) is 11.5 Å². The highest BCUT2D eigenvalue weighted by atomic mass is 16.5. The summed E-state index contributed by atoms with van der Waals surface area (Å²) in [6.45, 7) is 3.75. The number of ether oxygens (including phenoxy) is 3. The molecule has 7 nitrogen and oxygen atoms in total. The first-order chi connectivity index (χ1) is 13.4. The van der Waals surface area contributed by atoms with E-state index in [1.54, 1.807) is 13.8 Å². The molecular weight excluding hydrogens is 362 g/mol. The van der Waals surface area contributed by atoms with E-state index in [4.69, 9.17) is 14.2 Å². The summed E-state index contributed by atoms with van der Waals surface area (Å²) >= 11 is 0. The molecule has 0 radical (unpaired) electrons. The monoisotopic (exact) mass is 387 g/mol. The molecule has 0 fully saturated rings. The van der Waals surface area contributed by atoms with Gasteiger partial charge in [-0.05, 0) is 23.6 Å². The van der Waals surface area contributed by atoms with Crippen LogP contribution in [-0.2, 0) is 11.4 Å². The lowest BCUT2D eigenvalue weighted by atomic mass is 10.0. The summed E-state index contributed by atoms with van der Waals surface area (Å²) < 4.78 is 16.6. The molecule has 0 bridgehead atoms. The number of hydrogen-bond donors (Lipinski definition) is 2. The number of hydrogen-bond acceptors (Lipinski definition) is 5. The van der Waals surface area contributed by atoms with Gasteiger partial charge in [-0.15, -0.1) is 0 Å². The first-order valence-electron chi connectivity index (χ1n) is 8.83. The average molecular weight is 387 g/mol. The normalized spacial score (nSPS) is 11.6. The molecule has 1 atom stereocenters. The number of carboxylic acids is 1. The Kier molecular flexibility index (Phi) is 7.26. The Morgan fingerprint density at radius 1 is 1.04 bits per heavy atom. The van der Waals surface area contributed by atoms with Crippen LogP contribution in [0.3, 0.4) is 0 Å². The van der Waals surface area contributed by atoms with Crippen LogP contribution in [0, 0.1) is 5.92 Å². The van der Waals surface area contributed by atoms with Gasteiger partial charge in [0.25, 0.3) is 5.91 Å². The molecule has 0 aliphatic heterocycles. The van der Waals surface area contributed by atoms with E-state index in [1.807, 2.05) is 30.3 Å². The maximum atomic E-state index is 12.6. The molecule has 1 unspecified atom stereocenters. The second kappa shape index (κ2) is 9.64. The third kappa shape index (κ3) is 5.16. The predicted octanol–water partition coefficient (Wildman–Crippen LogP) is 3.12. The van der Waals surface area contributed by atoms with Crippen molar-refractivity contribution in [1.29, 1.82) is 0 Å². The van der Waals surface area contributed by atoms with Crippen molar-refractivity contribution in [2.75, 3.05) is 14.2 Å². The lowest BCUT2D eigenvalue weighted by Crippen LogP contribution is -2.44. The molecule has 0 saturated heterocycles. The van der Waals surface area contributed by atoms with Crippen molar-refractivity contribution in [1.82, 2.24) is 5.32 Å². The molecule has 0 heterocycles. The molecule has 0 aliphatic rings. The van der Waals surface area contributed by atoms with Crippen LogP contribution in [0.15, 0.2) is 42.5 Å². The van der Waals surface area contributed by atoms with Crippen LogP contribution in [0.5, 0.6) is 17.2 Å². The Morgan fingerprint density at radius 2 is 1.61 bits per heavy atom. The molecule has 0 aliphatic carbocycles. The average Bonchev–Trinajstić information content (AvgIpc) is 2.69. The molecule has 1 amide bonds. The highest BCUT2D eigenvalue weighted by Gasteiger charge is 2.25. The molecule has 2 rings (SSSR count). The number of carbonyl (C=O) groups excluding carboxylic acids is 1. The third-order valence-electron chi connectivity index (χ3n) is 4.17. The number of carboxylic acid groups (broad SMARTS) is 1. The number of rotatable bonds is 9. The number of aliphatic carboxylic acids is 1. The number of nitrogens with one attached hydrogen (secondary N) is 1. The van der Waals surface area contributed by atoms with Gasteiger partial charge in [-0.3, -0.25) is 4.79 Å². The quantitative estimate of drug-likeness (QED) is 0.687. The topological polar surface area (TPSA) is 94.1 Å². The van der Waals surface area contributed by atoms with E-state index < -0.39 is 17.9 Å². The van der Waals surface area contributed by atoms with Crippen molar-refractivity contribution in [3.8, 4) is 17.2 Å². The van der Waals surface area contributed by atoms with E-state index in [-0.39, 0.29) is 11.5 Å². The SMILES string of the molecule is COc1cc(C(=O)NC(C(=O)O)C(C)C)cc(OC)c1OCc1ccccc1. The summed E-state index contributed by atoms with van der Waals surface area (Å²) in [5, 5.41) is 11.8. The van der Waals surface area contributed by atoms with Gasteiger partial charge < -0.3 is 24.6 Å². The summed E-state index contributed by atoms with van der Waals surface area (Å²) in [7, 11) is 2.92. The molecule has 7 heteroatoms. The van der Waals surface area contributed by atoms with E-state index in [0.29, 0.717) is 23.9 Å². The van der Waals surface area contributed by atoms with Crippen LogP contribution >= 0.6 is 0 Å². The van der Waals surface area contributed by atoms with Crippen molar-refractivity contribution < 1.29 is 28.9 Å². The zero-order valence-electron chi connectivity index (χ0n) is 16.4. The van der Waals surface area contributed by atoms with Gasteiger partial charge in [-0.1, -0.05) is 44.2 Å². The van der Waals surface area contributed by atoms with E-state index in [0.717, 1.165) is 5.56 Å². The minimum Gasteiger partial charge on any atom is -0.493 e. The molecule has 0 saturated carbocycles. The molecule has 2 aromatic carbocycles. The van der Waals surface area contributed by atoms with Crippen molar-refractivity contribution in [3.05, 3.63) is 53.6 Å². The molecule has 28 heavy (non-hydrogen) atoms. The number of benzene rings is 2. The second-order valence-corrected chi connectivity index (χ2v) is 6.52. The van der Waals surface area contributed by atoms with Crippen LogP contribution in [0.4, 0.5) is 0 Å². The van der Waals surface area contributed by atoms with Gasteiger partial charge in [0.1, 0.15) is 12.6 Å². The van der Waals surface area contributed by atoms with Crippen molar-refractivity contribution in [3.63, 3.8) is 0 Å². The van der Waals surface area contributed by atoms with Crippen molar-refractivity contribution in [2.45, 2.75) is 26.5 Å². The van der Waals surface area contributed by atoms with E-state index in [2.05, 4.69) is 5.32 Å². The smallest absolute Gasteiger partial charge is 0.326 e. The lowest BCUT2D eigenvalue weighted by molar-refractivity contribution is -0.140. The third-order valence-corrected chi connectivity index (χ3v) is 4.17. The zero-order chi connectivity index (χ0) is 20.7. The minimum atomic E-state index is -1.09. The van der Waals surface area contributed by atoms with Gasteiger partial charge >= 0.3 is 5.97 Å². The zero-order valence-corrected chi connectivity index (χ0v) is 16.4. The highest BCUT2D eigenvalue weighted by Crippen LogP contribution is 2.39. The van der Waals surface area contributed by atoms with Gasteiger partial charge in [0.2, 0.25) is 5.75 Å². The van der Waals surface area contributed by atoms with E-state index in [1.165, 1.54) is 26.4 Å². The van der Waals surface area contributed by atoms with E-state index in [9.17, 15) is 14.7 Å². The molecular formula is C21H25NO6. The van der Waals surface area contributed by atoms with Crippen LogP contribution in [0.2, 0.25) is 0 Å².